The Kier molecular flexibility index (Phi) is 5.65. The van der Waals surface area contributed by atoms with Crippen LogP contribution in [-0.2, 0) is 14.3 Å². The van der Waals surface area contributed by atoms with E-state index in [1.54, 1.807) is 31.2 Å². The summed E-state index contributed by atoms with van der Waals surface area (Å²) in [7, 11) is 0. The second-order valence-electron chi connectivity index (χ2n) is 5.89. The molecule has 1 N–H and O–H groups in total. The van der Waals surface area contributed by atoms with Gasteiger partial charge in [0.2, 0.25) is 6.10 Å². The van der Waals surface area contributed by atoms with Gasteiger partial charge in [-0.15, -0.1) is 0 Å². The summed E-state index contributed by atoms with van der Waals surface area (Å²) in [6.07, 6.45) is -1.64. The fourth-order valence-electron chi connectivity index (χ4n) is 2.53. The van der Waals surface area contributed by atoms with Crippen LogP contribution in [0.15, 0.2) is 42.5 Å². The number of anilines is 1. The fourth-order valence-corrected chi connectivity index (χ4v) is 2.71. The minimum atomic E-state index is -1.03. The highest BCUT2D eigenvalue weighted by Crippen LogP contribution is 2.33. The highest BCUT2D eigenvalue weighted by molar-refractivity contribution is 6.32. The number of esters is 1. The molecule has 0 aromatic heterocycles. The molecule has 0 radical (unpaired) electrons. The second kappa shape index (κ2) is 8.13. The van der Waals surface area contributed by atoms with Crippen molar-refractivity contribution in [2.45, 2.75) is 19.1 Å². The average molecular weight is 407 g/mol. The molecule has 0 spiro atoms. The molecule has 0 bridgehead atoms. The highest BCUT2D eigenvalue weighted by atomic mass is 35.5. The van der Waals surface area contributed by atoms with E-state index in [0.717, 1.165) is 6.07 Å². The summed E-state index contributed by atoms with van der Waals surface area (Å²) in [4.78, 5) is 34.4. The molecule has 1 heterocycles. The summed E-state index contributed by atoms with van der Waals surface area (Å²) in [6, 6.07) is 10.7. The lowest BCUT2D eigenvalue weighted by Crippen LogP contribution is -2.45. The third-order valence-corrected chi connectivity index (χ3v) is 4.17. The Hall–Kier alpha value is -3.33. The van der Waals surface area contributed by atoms with Gasteiger partial charge in [0.05, 0.1) is 4.92 Å². The van der Waals surface area contributed by atoms with Crippen molar-refractivity contribution in [3.8, 4) is 11.5 Å². The summed E-state index contributed by atoms with van der Waals surface area (Å²) in [5.41, 5.74) is -0.201. The normalized spacial score (nSPS) is 17.5. The van der Waals surface area contributed by atoms with Gasteiger partial charge in [0.15, 0.2) is 18.1 Å². The van der Waals surface area contributed by atoms with Crippen molar-refractivity contribution in [1.82, 2.24) is 0 Å². The number of hydrogen-bond acceptors (Lipinski definition) is 7. The van der Waals surface area contributed by atoms with E-state index in [2.05, 4.69) is 5.32 Å². The molecule has 28 heavy (non-hydrogen) atoms. The van der Waals surface area contributed by atoms with E-state index in [0.29, 0.717) is 11.5 Å². The van der Waals surface area contributed by atoms with Crippen molar-refractivity contribution in [3.05, 3.63) is 57.6 Å². The van der Waals surface area contributed by atoms with Crippen molar-refractivity contribution < 1.29 is 28.7 Å². The maximum Gasteiger partial charge on any atom is 0.351 e. The molecule has 1 aliphatic heterocycles. The smallest absolute Gasteiger partial charge is 0.351 e. The Morgan fingerprint density at radius 1 is 1.21 bits per heavy atom. The first-order valence-corrected chi connectivity index (χ1v) is 8.55. The van der Waals surface area contributed by atoms with Gasteiger partial charge in [0, 0.05) is 11.8 Å². The van der Waals surface area contributed by atoms with E-state index in [1.807, 2.05) is 0 Å². The molecule has 0 fully saturated rings. The zero-order chi connectivity index (χ0) is 20.3. The number of carbonyl (C=O) groups excluding carboxylic acids is 2. The van der Waals surface area contributed by atoms with Gasteiger partial charge in [-0.25, -0.2) is 4.79 Å². The Morgan fingerprint density at radius 3 is 2.57 bits per heavy atom. The zero-order valence-corrected chi connectivity index (χ0v) is 15.3. The third-order valence-electron chi connectivity index (χ3n) is 3.85. The number of benzene rings is 2. The van der Waals surface area contributed by atoms with Crippen molar-refractivity contribution in [1.29, 1.82) is 0 Å². The predicted octanol–water partition coefficient (Wildman–Crippen LogP) is 2.96. The van der Waals surface area contributed by atoms with Crippen LogP contribution in [-0.4, -0.2) is 35.6 Å². The molecular weight excluding hydrogens is 392 g/mol. The molecule has 9 nitrogen and oxygen atoms in total. The van der Waals surface area contributed by atoms with E-state index in [9.17, 15) is 19.7 Å². The molecule has 2 unspecified atom stereocenters. The molecular formula is C18H15ClN2O7. The number of nitrogens with one attached hydrogen (secondary N) is 1. The molecule has 2 aromatic rings. The van der Waals surface area contributed by atoms with Crippen LogP contribution in [0.1, 0.15) is 6.92 Å². The number of amides is 1. The van der Waals surface area contributed by atoms with Crippen molar-refractivity contribution in [2.24, 2.45) is 0 Å². The first-order valence-electron chi connectivity index (χ1n) is 8.18. The van der Waals surface area contributed by atoms with Crippen LogP contribution in [0.4, 0.5) is 11.4 Å². The van der Waals surface area contributed by atoms with Crippen LogP contribution in [0.25, 0.3) is 0 Å². The Balaban J connectivity index is 1.57. The average Bonchev–Trinajstić information content (AvgIpc) is 2.66. The summed E-state index contributed by atoms with van der Waals surface area (Å²) >= 11 is 5.72. The quantitative estimate of drug-likeness (QED) is 0.460. The van der Waals surface area contributed by atoms with E-state index < -0.39 is 35.6 Å². The number of nitrogens with zero attached hydrogens (tertiary/aromatic N) is 1. The number of carbonyl (C=O) groups is 2. The topological polar surface area (TPSA) is 117 Å². The van der Waals surface area contributed by atoms with Crippen LogP contribution in [0.3, 0.4) is 0 Å². The SMILES string of the molecule is CC1Oc2ccccc2OC1C(=O)OCC(=O)Nc1ccc(Cl)c([N+](=O)[O-])c1. The van der Waals surface area contributed by atoms with Gasteiger partial charge in [0.25, 0.3) is 11.6 Å². The van der Waals surface area contributed by atoms with Crippen LogP contribution >= 0.6 is 11.6 Å². The first-order chi connectivity index (χ1) is 13.3. The number of nitro groups is 1. The maximum atomic E-state index is 12.2. The number of ether oxygens (including phenoxy) is 3. The fraction of sp³-hybridized carbons (Fsp3) is 0.222. The molecule has 10 heteroatoms. The summed E-state index contributed by atoms with van der Waals surface area (Å²) in [5, 5.41) is 13.2. The van der Waals surface area contributed by atoms with Crippen LogP contribution < -0.4 is 14.8 Å². The Morgan fingerprint density at radius 2 is 1.89 bits per heavy atom. The summed E-state index contributed by atoms with van der Waals surface area (Å²) in [6.45, 7) is 1.05. The second-order valence-corrected chi connectivity index (χ2v) is 6.29. The number of rotatable bonds is 5. The van der Waals surface area contributed by atoms with Gasteiger partial charge >= 0.3 is 5.97 Å². The van der Waals surface area contributed by atoms with Gasteiger partial charge < -0.3 is 19.5 Å². The van der Waals surface area contributed by atoms with Gasteiger partial charge in [-0.05, 0) is 31.2 Å². The van der Waals surface area contributed by atoms with E-state index in [1.165, 1.54) is 12.1 Å². The van der Waals surface area contributed by atoms with Crippen molar-refractivity contribution >= 4 is 34.9 Å². The monoisotopic (exact) mass is 406 g/mol. The first kappa shape index (κ1) is 19.4. The number of fused-ring (bicyclic) bond motifs is 1. The molecule has 2 aromatic carbocycles. The summed E-state index contributed by atoms with van der Waals surface area (Å²) in [5.74, 6) is -0.518. The highest BCUT2D eigenvalue weighted by Gasteiger charge is 2.35. The number of halogens is 1. The van der Waals surface area contributed by atoms with Gasteiger partial charge in [-0.3, -0.25) is 14.9 Å². The Labute approximate surface area is 164 Å². The third kappa shape index (κ3) is 4.32. The Bertz CT molecular complexity index is 934. The van der Waals surface area contributed by atoms with Crippen LogP contribution in [0.5, 0.6) is 11.5 Å². The van der Waals surface area contributed by atoms with Crippen molar-refractivity contribution in [3.63, 3.8) is 0 Å². The molecule has 1 aliphatic rings. The minimum absolute atomic E-state index is 0.0573. The lowest BCUT2D eigenvalue weighted by atomic mass is 10.2. The van der Waals surface area contributed by atoms with Crippen LogP contribution in [0.2, 0.25) is 5.02 Å². The zero-order valence-electron chi connectivity index (χ0n) is 14.6. The molecule has 3 rings (SSSR count). The molecule has 2 atom stereocenters. The lowest BCUT2D eigenvalue weighted by Gasteiger charge is -2.30. The van der Waals surface area contributed by atoms with Gasteiger partial charge in [0.1, 0.15) is 11.1 Å². The number of para-hydroxylation sites is 2. The lowest BCUT2D eigenvalue weighted by molar-refractivity contribution is -0.384. The largest absolute Gasteiger partial charge is 0.482 e. The predicted molar refractivity (Wildman–Crippen MR) is 98.6 cm³/mol. The van der Waals surface area contributed by atoms with E-state index in [-0.39, 0.29) is 16.4 Å². The minimum Gasteiger partial charge on any atom is -0.482 e. The maximum absolute atomic E-state index is 12.2. The molecule has 1 amide bonds. The van der Waals surface area contributed by atoms with Crippen LogP contribution in [0, 0.1) is 10.1 Å². The standard InChI is InChI=1S/C18H15ClN2O7/c1-10-17(28-15-5-3-2-4-14(15)27-10)18(23)26-9-16(22)20-11-6-7-12(19)13(8-11)21(24)25/h2-8,10,17H,9H2,1H3,(H,20,22). The van der Waals surface area contributed by atoms with Gasteiger partial charge in [-0.1, -0.05) is 23.7 Å². The van der Waals surface area contributed by atoms with E-state index >= 15 is 0 Å². The molecule has 0 saturated heterocycles. The van der Waals surface area contributed by atoms with Crippen molar-refractivity contribution in [2.75, 3.05) is 11.9 Å². The summed E-state index contributed by atoms with van der Waals surface area (Å²) < 4.78 is 16.2. The van der Waals surface area contributed by atoms with Gasteiger partial charge in [-0.2, -0.15) is 0 Å². The van der Waals surface area contributed by atoms with E-state index in [4.69, 9.17) is 25.8 Å². The molecule has 0 saturated carbocycles. The number of hydrogen-bond donors (Lipinski definition) is 1. The number of nitro benzene ring substituents is 1. The molecule has 146 valence electrons. The molecule has 0 aliphatic carbocycles.